The lowest BCUT2D eigenvalue weighted by Gasteiger charge is -2.38. The average molecular weight is 482 g/mol. The summed E-state index contributed by atoms with van der Waals surface area (Å²) in [4.78, 5) is 13.3. The normalized spacial score (nSPS) is 22.3. The molecule has 180 valence electrons. The number of alkyl halides is 3. The van der Waals surface area contributed by atoms with Gasteiger partial charge in [0.15, 0.2) is 6.10 Å². The summed E-state index contributed by atoms with van der Waals surface area (Å²) in [6.07, 6.45) is -7.07. The second-order valence-corrected chi connectivity index (χ2v) is 10.1. The molecule has 0 aliphatic carbocycles. The molecule has 0 radical (unpaired) electrons. The average Bonchev–Trinajstić information content (AvgIpc) is 3.14. The van der Waals surface area contributed by atoms with Crippen molar-refractivity contribution in [3.05, 3.63) is 30.1 Å². The summed E-state index contributed by atoms with van der Waals surface area (Å²) in [5.74, 6) is -0.541. The fourth-order valence-electron chi connectivity index (χ4n) is 4.05. The molecule has 1 aromatic carbocycles. The van der Waals surface area contributed by atoms with Gasteiger partial charge in [0.2, 0.25) is 10.0 Å². The van der Waals surface area contributed by atoms with Crippen LogP contribution in [0, 0.1) is 5.82 Å². The highest BCUT2D eigenvalue weighted by atomic mass is 32.2. The number of nitrogens with zero attached hydrogens (tertiary/aromatic N) is 2. The first kappa shape index (κ1) is 24.7. The lowest BCUT2D eigenvalue weighted by molar-refractivity contribution is -0.206. The molecule has 3 rings (SSSR count). The first-order valence-electron chi connectivity index (χ1n) is 10.3. The molecule has 1 aromatic rings. The van der Waals surface area contributed by atoms with Crippen LogP contribution >= 0.6 is 0 Å². The Morgan fingerprint density at radius 3 is 2.41 bits per heavy atom. The number of rotatable bonds is 5. The van der Waals surface area contributed by atoms with Crippen molar-refractivity contribution in [2.45, 2.75) is 61.4 Å². The van der Waals surface area contributed by atoms with Crippen molar-refractivity contribution < 1.29 is 40.2 Å². The first-order valence-corrected chi connectivity index (χ1v) is 11.7. The van der Waals surface area contributed by atoms with Crippen LogP contribution in [0.15, 0.2) is 29.2 Å². The summed E-state index contributed by atoms with van der Waals surface area (Å²) in [6.45, 7) is 1.73. The summed E-state index contributed by atoms with van der Waals surface area (Å²) in [5, 5.41) is 0. The molecular formula is C20H26F4N2O5S. The summed E-state index contributed by atoms with van der Waals surface area (Å²) in [5.41, 5.74) is -0.664. The highest BCUT2D eigenvalue weighted by molar-refractivity contribution is 7.89. The molecule has 2 heterocycles. The maximum Gasteiger partial charge on any atom is 0.425 e. The largest absolute Gasteiger partial charge is 0.436 e. The molecule has 32 heavy (non-hydrogen) atoms. The van der Waals surface area contributed by atoms with Crippen LogP contribution in [0.3, 0.4) is 0 Å². The van der Waals surface area contributed by atoms with Gasteiger partial charge in [0.1, 0.15) is 5.82 Å². The molecule has 2 aliphatic rings. The highest BCUT2D eigenvalue weighted by Gasteiger charge is 2.48. The Balaban J connectivity index is 1.59. The molecule has 2 fully saturated rings. The zero-order valence-corrected chi connectivity index (χ0v) is 18.6. The van der Waals surface area contributed by atoms with E-state index >= 15 is 0 Å². The van der Waals surface area contributed by atoms with Crippen LogP contribution in [0.4, 0.5) is 22.4 Å². The summed E-state index contributed by atoms with van der Waals surface area (Å²) < 4.78 is 89.1. The van der Waals surface area contributed by atoms with E-state index in [-0.39, 0.29) is 31.0 Å². The van der Waals surface area contributed by atoms with Crippen LogP contribution in [0.5, 0.6) is 0 Å². The Bertz CT molecular complexity index is 915. The minimum atomic E-state index is -4.62. The molecule has 1 spiro atoms. The maximum atomic E-state index is 13.1. The number of ether oxygens (including phenoxy) is 2. The summed E-state index contributed by atoms with van der Waals surface area (Å²) >= 11 is 0. The molecule has 1 amide bonds. The monoisotopic (exact) mass is 482 g/mol. The molecule has 0 unspecified atom stereocenters. The Kier molecular flexibility index (Phi) is 7.06. The van der Waals surface area contributed by atoms with Crippen molar-refractivity contribution in [1.82, 2.24) is 9.21 Å². The third-order valence-electron chi connectivity index (χ3n) is 6.11. The Hall–Kier alpha value is -1.92. The molecule has 12 heteroatoms. The van der Waals surface area contributed by atoms with E-state index in [9.17, 15) is 30.8 Å². The second kappa shape index (κ2) is 9.14. The lowest BCUT2D eigenvalue weighted by Crippen LogP contribution is -2.48. The van der Waals surface area contributed by atoms with Gasteiger partial charge in [-0.3, -0.25) is 0 Å². The molecule has 0 aromatic heterocycles. The van der Waals surface area contributed by atoms with Gasteiger partial charge in [-0.2, -0.15) is 17.5 Å². The molecule has 7 nitrogen and oxygen atoms in total. The van der Waals surface area contributed by atoms with Crippen molar-refractivity contribution >= 4 is 16.1 Å². The number of hydrogen-bond donors (Lipinski definition) is 0. The predicted molar refractivity (Wildman–Crippen MR) is 106 cm³/mol. The van der Waals surface area contributed by atoms with E-state index in [4.69, 9.17) is 4.74 Å². The van der Waals surface area contributed by atoms with Gasteiger partial charge < -0.3 is 14.4 Å². The number of halogens is 4. The SMILES string of the molecule is CC[C@@H](OC(=O)N1CCC2(CC1)C[C@@H](N(C)S(=O)(=O)c1ccc(F)cc1)CO2)C(F)(F)F. The number of likely N-dealkylation sites (N-methyl/N-ethyl adjacent to an activating group) is 1. The van der Waals surface area contributed by atoms with Crippen LogP contribution < -0.4 is 0 Å². The smallest absolute Gasteiger partial charge is 0.425 e. The van der Waals surface area contributed by atoms with Gasteiger partial charge in [0.05, 0.1) is 23.1 Å². The van der Waals surface area contributed by atoms with E-state index in [0.717, 1.165) is 12.1 Å². The molecule has 0 N–H and O–H groups in total. The summed E-state index contributed by atoms with van der Waals surface area (Å²) in [6, 6.07) is 4.08. The van der Waals surface area contributed by atoms with Crippen LogP contribution in [0.2, 0.25) is 0 Å². The third-order valence-corrected chi connectivity index (χ3v) is 8.03. The number of benzene rings is 1. The van der Waals surface area contributed by atoms with Crippen LogP contribution in [-0.2, 0) is 19.5 Å². The van der Waals surface area contributed by atoms with Gasteiger partial charge >= 0.3 is 12.3 Å². The summed E-state index contributed by atoms with van der Waals surface area (Å²) in [7, 11) is -2.42. The Labute approximate surface area is 184 Å². The van der Waals surface area contributed by atoms with E-state index in [1.807, 2.05) is 0 Å². The Morgan fingerprint density at radius 1 is 1.28 bits per heavy atom. The predicted octanol–water partition coefficient (Wildman–Crippen LogP) is 3.55. The lowest BCUT2D eigenvalue weighted by atomic mass is 9.87. The van der Waals surface area contributed by atoms with E-state index in [2.05, 4.69) is 4.74 Å². The minimum absolute atomic E-state index is 0.0324. The zero-order valence-electron chi connectivity index (χ0n) is 17.8. The topological polar surface area (TPSA) is 76.2 Å². The van der Waals surface area contributed by atoms with Crippen molar-refractivity contribution in [2.24, 2.45) is 0 Å². The van der Waals surface area contributed by atoms with E-state index < -0.39 is 45.9 Å². The van der Waals surface area contributed by atoms with Gasteiger partial charge in [0.25, 0.3) is 0 Å². The maximum absolute atomic E-state index is 13.1. The molecule has 2 atom stereocenters. The van der Waals surface area contributed by atoms with Crippen molar-refractivity contribution in [1.29, 1.82) is 0 Å². The van der Waals surface area contributed by atoms with Crippen LogP contribution in [-0.4, -0.2) is 74.4 Å². The number of carbonyl (C=O) groups is 1. The minimum Gasteiger partial charge on any atom is -0.436 e. The molecule has 0 saturated carbocycles. The van der Waals surface area contributed by atoms with Crippen molar-refractivity contribution in [3.63, 3.8) is 0 Å². The number of likely N-dealkylation sites (tertiary alicyclic amines) is 1. The molecule has 2 aliphatic heterocycles. The molecular weight excluding hydrogens is 456 g/mol. The van der Waals surface area contributed by atoms with Crippen molar-refractivity contribution in [2.75, 3.05) is 26.7 Å². The van der Waals surface area contributed by atoms with Gasteiger partial charge in [-0.05, 0) is 49.9 Å². The van der Waals surface area contributed by atoms with Crippen LogP contribution in [0.25, 0.3) is 0 Å². The fourth-order valence-corrected chi connectivity index (χ4v) is 5.39. The van der Waals surface area contributed by atoms with Gasteiger partial charge in [-0.25, -0.2) is 17.6 Å². The number of sulfonamides is 1. The first-order chi connectivity index (χ1) is 14.9. The quantitative estimate of drug-likeness (QED) is 0.600. The molecule has 0 bridgehead atoms. The number of piperidine rings is 1. The number of carbonyl (C=O) groups excluding carboxylic acids is 1. The van der Waals surface area contributed by atoms with Gasteiger partial charge in [-0.15, -0.1) is 0 Å². The fraction of sp³-hybridized carbons (Fsp3) is 0.650. The Morgan fingerprint density at radius 2 is 1.88 bits per heavy atom. The van der Waals surface area contributed by atoms with Crippen molar-refractivity contribution in [3.8, 4) is 0 Å². The standard InChI is InChI=1S/C20H26F4N2O5S/c1-3-17(20(22,23)24)31-18(27)26-10-8-19(9-11-26)12-15(13-30-19)25(2)32(28,29)16-6-4-14(21)5-7-16/h4-7,15,17H,3,8-13H2,1-2H3/t15-,17-/m1/s1. The van der Waals surface area contributed by atoms with Crippen LogP contribution in [0.1, 0.15) is 32.6 Å². The molecule has 2 saturated heterocycles. The number of hydrogen-bond acceptors (Lipinski definition) is 5. The highest BCUT2D eigenvalue weighted by Crippen LogP contribution is 2.39. The van der Waals surface area contributed by atoms with E-state index in [1.54, 1.807) is 0 Å². The van der Waals surface area contributed by atoms with E-state index in [1.165, 1.54) is 35.3 Å². The third kappa shape index (κ3) is 5.18. The van der Waals surface area contributed by atoms with E-state index in [0.29, 0.717) is 19.3 Å². The number of amides is 1. The zero-order chi connectivity index (χ0) is 23.7. The second-order valence-electron chi connectivity index (χ2n) is 8.14. The van der Waals surface area contributed by atoms with Gasteiger partial charge in [-0.1, -0.05) is 6.92 Å². The van der Waals surface area contributed by atoms with Gasteiger partial charge in [0, 0.05) is 20.1 Å².